The second-order valence-electron chi connectivity index (χ2n) is 9.66. The third-order valence-electron chi connectivity index (χ3n) is 4.45. The molecule has 0 spiro atoms. The molecule has 0 aliphatic heterocycles. The number of hydrogen-bond acceptors (Lipinski definition) is 0. The Morgan fingerprint density at radius 3 is 1.20 bits per heavy atom. The molecule has 0 bridgehead atoms. The summed E-state index contributed by atoms with van der Waals surface area (Å²) in [6.07, 6.45) is 4.92. The molecule has 0 aromatic heterocycles. The molecule has 0 heterocycles. The van der Waals surface area contributed by atoms with Gasteiger partial charge in [-0.15, -0.1) is 0 Å². The van der Waals surface area contributed by atoms with Gasteiger partial charge in [0, 0.05) is 9.52 Å². The van der Waals surface area contributed by atoms with Gasteiger partial charge in [0.2, 0.25) is 0 Å². The van der Waals surface area contributed by atoms with Crippen LogP contribution in [-0.4, -0.2) is 9.52 Å². The monoisotopic (exact) mass is 545 g/mol. The van der Waals surface area contributed by atoms with E-state index >= 15 is 0 Å². The van der Waals surface area contributed by atoms with Crippen LogP contribution in [0.3, 0.4) is 0 Å². The van der Waals surface area contributed by atoms with Gasteiger partial charge < -0.3 is 0 Å². The van der Waals surface area contributed by atoms with Gasteiger partial charge in [-0.3, -0.25) is 0 Å². The summed E-state index contributed by atoms with van der Waals surface area (Å²) in [6, 6.07) is 13.7. The molecule has 2 aromatic rings. The first-order chi connectivity index (χ1) is 13.9. The van der Waals surface area contributed by atoms with Crippen LogP contribution in [0.4, 0.5) is 0 Å². The molecule has 0 unspecified atom stereocenters. The van der Waals surface area contributed by atoms with Crippen LogP contribution in [0, 0.1) is 0 Å². The number of aryl methyl sites for hydroxylation is 2. The van der Waals surface area contributed by atoms with E-state index in [9.17, 15) is 0 Å². The molecule has 2 aromatic carbocycles. The van der Waals surface area contributed by atoms with Crippen molar-refractivity contribution in [3.05, 3.63) is 58.7 Å². The van der Waals surface area contributed by atoms with Crippen LogP contribution in [0.1, 0.15) is 90.5 Å². The third kappa shape index (κ3) is 16.1. The minimum atomic E-state index is -0.826. The molecule has 4 heteroatoms. The van der Waals surface area contributed by atoms with Crippen molar-refractivity contribution in [1.82, 2.24) is 0 Å². The molecule has 0 nitrogen and oxygen atoms in total. The number of rotatable bonds is 4. The summed E-state index contributed by atoms with van der Waals surface area (Å²) in [5.41, 5.74) is 6.53. The van der Waals surface area contributed by atoms with E-state index in [2.05, 4.69) is 105 Å². The summed E-state index contributed by atoms with van der Waals surface area (Å²) in [6.45, 7) is 22.4. The first kappa shape index (κ1) is 32.6. The van der Waals surface area contributed by atoms with Crippen LogP contribution in [0.5, 0.6) is 0 Å². The van der Waals surface area contributed by atoms with E-state index in [1.807, 2.05) is 0 Å². The van der Waals surface area contributed by atoms with Crippen molar-refractivity contribution < 1.29 is 20.8 Å². The minimum absolute atomic E-state index is 0.311. The molecule has 2 rings (SSSR count). The second-order valence-corrected chi connectivity index (χ2v) is 14.6. The van der Waals surface area contributed by atoms with E-state index in [-0.39, 0.29) is 0 Å². The summed E-state index contributed by atoms with van der Waals surface area (Å²) in [7, 11) is 10.6. The molecule has 0 saturated carbocycles. The normalized spacial score (nSPS) is 10.5. The Kier molecular flexibility index (Phi) is 19.4. The van der Waals surface area contributed by atoms with Crippen molar-refractivity contribution >= 4 is 26.5 Å². The van der Waals surface area contributed by atoms with Crippen molar-refractivity contribution in [3.63, 3.8) is 0 Å². The van der Waals surface area contributed by atoms with Gasteiger partial charge in [-0.25, -0.2) is 12.1 Å². The third-order valence-corrected chi connectivity index (χ3v) is 4.45. The molecule has 0 fully saturated rings. The maximum atomic E-state index is 4.93. The fourth-order valence-electron chi connectivity index (χ4n) is 2.81. The van der Waals surface area contributed by atoms with Crippen LogP contribution in [0.25, 0.3) is 0 Å². The van der Waals surface area contributed by atoms with Crippen LogP contribution >= 0.6 is 17.0 Å². The van der Waals surface area contributed by atoms with Gasteiger partial charge in [0.05, 0.1) is 0 Å². The molecule has 0 N–H and O–H groups in total. The average molecular weight is 548 g/mol. The zero-order valence-electron chi connectivity index (χ0n) is 21.1. The number of hydrogen-bond donors (Lipinski definition) is 0. The van der Waals surface area contributed by atoms with Crippen molar-refractivity contribution in [2.45, 2.75) is 105 Å². The molecule has 30 heavy (non-hydrogen) atoms. The van der Waals surface area contributed by atoms with Crippen LogP contribution < -0.4 is 0 Å². The Labute approximate surface area is 209 Å². The zero-order chi connectivity index (χ0) is 23.8. The Morgan fingerprint density at radius 2 is 1.03 bits per heavy atom. The molecule has 1 radical (unpaired) electrons. The van der Waals surface area contributed by atoms with Gasteiger partial charge in [0.25, 0.3) is 0 Å². The Balaban J connectivity index is 0. The summed E-state index contributed by atoms with van der Waals surface area (Å²) >= 11 is -0.826. The van der Waals surface area contributed by atoms with Gasteiger partial charge in [-0.1, -0.05) is 94.2 Å². The summed E-state index contributed by atoms with van der Waals surface area (Å²) < 4.78 is 0. The molecule has 171 valence electrons. The van der Waals surface area contributed by atoms with E-state index in [1.165, 1.54) is 47.9 Å². The fourth-order valence-corrected chi connectivity index (χ4v) is 2.81. The average Bonchev–Trinajstić information content (AvgIpc) is 3.26. The van der Waals surface area contributed by atoms with Gasteiger partial charge in [-0.2, -0.15) is 46.5 Å². The van der Waals surface area contributed by atoms with Gasteiger partial charge >= 0.3 is 37.9 Å². The van der Waals surface area contributed by atoms with Crippen molar-refractivity contribution in [1.29, 1.82) is 0 Å². The molecule has 0 aliphatic carbocycles. The van der Waals surface area contributed by atoms with E-state index < -0.39 is 20.8 Å². The topological polar surface area (TPSA) is 0 Å². The van der Waals surface area contributed by atoms with E-state index in [4.69, 9.17) is 17.0 Å². The van der Waals surface area contributed by atoms with Crippen LogP contribution in [0.2, 0.25) is 13.1 Å². The molecule has 0 aliphatic rings. The molecule has 0 amide bonds. The zero-order valence-corrected chi connectivity index (χ0v) is 26.3. The second kappa shape index (κ2) is 17.9. The summed E-state index contributed by atoms with van der Waals surface area (Å²) in [5.74, 6) is 0. The van der Waals surface area contributed by atoms with Gasteiger partial charge in [0.15, 0.2) is 0 Å². The van der Waals surface area contributed by atoms with Gasteiger partial charge in [-0.05, 0) is 10.8 Å². The first-order valence-electron chi connectivity index (χ1n) is 11.1. The molecular weight excluding hydrogens is 503 g/mol. The van der Waals surface area contributed by atoms with Crippen LogP contribution in [-0.2, 0) is 44.5 Å². The standard InChI is InChI=1S/2C12H19.C2H7Si.2ClH.Zr/c2*1-5-6-10-7-8-11(9-10)12(2,3)4;1-3-2;;;/h2*7-9H,5-6H2,1-4H3;3H,1-2H3;2*1H;/q2*-1;;;;+4/p-2. The van der Waals surface area contributed by atoms with Crippen molar-refractivity contribution in [2.75, 3.05) is 0 Å². The van der Waals surface area contributed by atoms with Gasteiger partial charge in [0.1, 0.15) is 0 Å². The van der Waals surface area contributed by atoms with Crippen LogP contribution in [0.15, 0.2) is 36.4 Å². The Bertz CT molecular complexity index is 574. The van der Waals surface area contributed by atoms with Crippen molar-refractivity contribution in [2.24, 2.45) is 0 Å². The summed E-state index contributed by atoms with van der Waals surface area (Å²) in [4.78, 5) is 0. The SMILES string of the molecule is CCCc1c[cH-]c(C(C)(C)C)c1.CCCc1c[cH-]c(C(C)(C)C)c1.C[SiH]C.[Cl][Zr+2][Cl]. The van der Waals surface area contributed by atoms with E-state index in [0.29, 0.717) is 10.8 Å². The molecule has 0 saturated heterocycles. The van der Waals surface area contributed by atoms with E-state index in [0.717, 1.165) is 9.52 Å². The quantitative estimate of drug-likeness (QED) is 0.264. The predicted octanol–water partition coefficient (Wildman–Crippen LogP) is 9.21. The maximum absolute atomic E-state index is 4.93. The predicted molar refractivity (Wildman–Crippen MR) is 140 cm³/mol. The summed E-state index contributed by atoms with van der Waals surface area (Å²) in [5, 5.41) is 0. The van der Waals surface area contributed by atoms with E-state index in [1.54, 1.807) is 0 Å². The Morgan fingerprint density at radius 1 is 0.767 bits per heavy atom. The molecule has 0 atom stereocenters. The fraction of sp³-hybridized carbons (Fsp3) is 0.615. The molecular formula is C26H45Cl2SiZr. The number of halogens is 2. The first-order valence-corrected chi connectivity index (χ1v) is 19.8. The Hall–Kier alpha value is 0.380. The van der Waals surface area contributed by atoms with Crippen molar-refractivity contribution in [3.8, 4) is 0 Å².